The van der Waals surface area contributed by atoms with Gasteiger partial charge in [-0.15, -0.1) is 0 Å². The van der Waals surface area contributed by atoms with Gasteiger partial charge in [0.15, 0.2) is 8.32 Å². The van der Waals surface area contributed by atoms with Crippen molar-refractivity contribution in [3.63, 3.8) is 0 Å². The molecule has 1 aliphatic heterocycles. The minimum Gasteiger partial charge on any atom is -0.408 e. The van der Waals surface area contributed by atoms with Crippen LogP contribution in [0.5, 0.6) is 0 Å². The molecule has 0 bridgehead atoms. The molecule has 0 aromatic rings. The Morgan fingerprint density at radius 1 is 1.47 bits per heavy atom. The first-order valence-electron chi connectivity index (χ1n) is 6.10. The third kappa shape index (κ3) is 2.61. The summed E-state index contributed by atoms with van der Waals surface area (Å²) in [5.41, 5.74) is 1.14. The second-order valence-corrected chi connectivity index (χ2v) is 15.1. The van der Waals surface area contributed by atoms with E-state index in [2.05, 4.69) is 44.1 Å². The van der Waals surface area contributed by atoms with Gasteiger partial charge in [-0.05, 0) is 24.8 Å². The van der Waals surface area contributed by atoms with Gasteiger partial charge in [-0.3, -0.25) is 4.79 Å². The predicted molar refractivity (Wildman–Crippen MR) is 74.6 cm³/mol. The third-order valence-electron chi connectivity index (χ3n) is 3.24. The second kappa shape index (κ2) is 3.93. The second-order valence-electron chi connectivity index (χ2n) is 6.25. The van der Waals surface area contributed by atoms with Gasteiger partial charge in [-0.2, -0.15) is 0 Å². The highest BCUT2D eigenvalue weighted by Gasteiger charge is 2.52. The van der Waals surface area contributed by atoms with E-state index in [0.717, 1.165) is 12.1 Å². The molecule has 2 aliphatic rings. The molecular formula is C12H21NO2Si2. The number of allylic oxidation sites excluding steroid dienone is 3. The molecule has 0 aromatic carbocycles. The fourth-order valence-electron chi connectivity index (χ4n) is 2.30. The Morgan fingerprint density at radius 3 is 2.59 bits per heavy atom. The SMILES string of the molecule is C[Si](C)(C)OCC(=O)NC1=C2C(=CC1)[Si]2(C)C. The van der Waals surface area contributed by atoms with Gasteiger partial charge in [0.2, 0.25) is 5.91 Å². The molecule has 0 unspecified atom stereocenters. The van der Waals surface area contributed by atoms with Crippen LogP contribution in [0.4, 0.5) is 0 Å². The van der Waals surface area contributed by atoms with E-state index < -0.39 is 16.4 Å². The summed E-state index contributed by atoms with van der Waals surface area (Å²) >= 11 is 0. The maximum Gasteiger partial charge on any atom is 0.248 e. The van der Waals surface area contributed by atoms with Gasteiger partial charge in [0.05, 0.1) is 0 Å². The van der Waals surface area contributed by atoms with Crippen molar-refractivity contribution in [2.45, 2.75) is 39.2 Å². The molecule has 2 rings (SSSR count). The van der Waals surface area contributed by atoms with Gasteiger partial charge >= 0.3 is 0 Å². The van der Waals surface area contributed by atoms with Gasteiger partial charge in [0, 0.05) is 12.1 Å². The van der Waals surface area contributed by atoms with Crippen molar-refractivity contribution in [3.05, 3.63) is 22.2 Å². The Kier molecular flexibility index (Phi) is 2.96. The molecule has 0 saturated carbocycles. The summed E-state index contributed by atoms with van der Waals surface area (Å²) in [6.07, 6.45) is 3.18. The minimum absolute atomic E-state index is 0.00118. The number of rotatable bonds is 4. The Bertz CT molecular complexity index is 430. The van der Waals surface area contributed by atoms with Crippen LogP contribution in [-0.2, 0) is 9.22 Å². The highest BCUT2D eigenvalue weighted by Crippen LogP contribution is 2.52. The Morgan fingerprint density at radius 2 is 2.12 bits per heavy atom. The van der Waals surface area contributed by atoms with Crippen molar-refractivity contribution in [2.75, 3.05) is 6.61 Å². The summed E-state index contributed by atoms with van der Waals surface area (Å²) in [4.78, 5) is 11.8. The van der Waals surface area contributed by atoms with Gasteiger partial charge in [-0.25, -0.2) is 0 Å². The average Bonchev–Trinajstić information content (AvgIpc) is 2.58. The molecule has 1 fully saturated rings. The molecule has 0 atom stereocenters. The van der Waals surface area contributed by atoms with Crippen LogP contribution < -0.4 is 5.32 Å². The van der Waals surface area contributed by atoms with E-state index in [-0.39, 0.29) is 12.5 Å². The molecule has 1 heterocycles. The molecule has 0 radical (unpaired) electrons. The summed E-state index contributed by atoms with van der Waals surface area (Å²) in [6, 6.07) is 0. The predicted octanol–water partition coefficient (Wildman–Crippen LogP) is 2.34. The average molecular weight is 267 g/mol. The zero-order valence-corrected chi connectivity index (χ0v) is 13.3. The molecule has 1 saturated heterocycles. The summed E-state index contributed by atoms with van der Waals surface area (Å²) in [7, 11) is -2.79. The molecule has 0 spiro atoms. The quantitative estimate of drug-likeness (QED) is 0.794. The van der Waals surface area contributed by atoms with E-state index >= 15 is 0 Å². The van der Waals surface area contributed by atoms with E-state index in [9.17, 15) is 4.79 Å². The van der Waals surface area contributed by atoms with Crippen molar-refractivity contribution in [1.29, 1.82) is 0 Å². The topological polar surface area (TPSA) is 38.3 Å². The maximum absolute atomic E-state index is 11.8. The number of fused-ring (bicyclic) bond motifs is 1. The molecule has 5 heteroatoms. The van der Waals surface area contributed by atoms with E-state index in [0.29, 0.717) is 0 Å². The lowest BCUT2D eigenvalue weighted by Gasteiger charge is -2.17. The standard InChI is InChI=1S/C12H21NO2Si2/c1-16(2,3)15-8-11(14)13-9-6-7-10-12(9)17(10,4)5/h7H,6,8H2,1-5H3,(H,13,14). The lowest BCUT2D eigenvalue weighted by molar-refractivity contribution is -0.122. The van der Waals surface area contributed by atoms with Crippen molar-refractivity contribution < 1.29 is 9.22 Å². The molecule has 1 amide bonds. The monoisotopic (exact) mass is 267 g/mol. The van der Waals surface area contributed by atoms with Crippen LogP contribution in [0.3, 0.4) is 0 Å². The molecular weight excluding hydrogens is 246 g/mol. The van der Waals surface area contributed by atoms with E-state index in [1.807, 2.05) is 0 Å². The number of nitrogens with one attached hydrogen (secondary N) is 1. The lowest BCUT2D eigenvalue weighted by atomic mass is 10.4. The number of hydrogen-bond donors (Lipinski definition) is 1. The largest absolute Gasteiger partial charge is 0.408 e. The molecule has 0 aromatic heterocycles. The van der Waals surface area contributed by atoms with Crippen molar-refractivity contribution >= 4 is 22.3 Å². The van der Waals surface area contributed by atoms with E-state index in [1.54, 1.807) is 5.20 Å². The molecule has 1 aliphatic carbocycles. The van der Waals surface area contributed by atoms with E-state index in [1.165, 1.54) is 5.20 Å². The van der Waals surface area contributed by atoms with Gasteiger partial charge < -0.3 is 9.74 Å². The Labute approximate surface area is 105 Å². The number of carbonyl (C=O) groups excluding carboxylic acids is 1. The smallest absolute Gasteiger partial charge is 0.248 e. The first-order chi connectivity index (χ1) is 7.72. The summed E-state index contributed by atoms with van der Waals surface area (Å²) in [6.45, 7) is 11.1. The highest BCUT2D eigenvalue weighted by molar-refractivity contribution is 7.06. The fourth-order valence-corrected chi connectivity index (χ4v) is 6.39. The number of carbonyl (C=O) groups is 1. The molecule has 17 heavy (non-hydrogen) atoms. The molecule has 1 N–H and O–H groups in total. The van der Waals surface area contributed by atoms with E-state index in [4.69, 9.17) is 4.43 Å². The lowest BCUT2D eigenvalue weighted by Crippen LogP contribution is -2.34. The van der Waals surface area contributed by atoms with Gasteiger partial charge in [-0.1, -0.05) is 24.4 Å². The zero-order chi connectivity index (χ0) is 12.8. The first kappa shape index (κ1) is 12.8. The van der Waals surface area contributed by atoms with Gasteiger partial charge in [0.1, 0.15) is 14.7 Å². The number of amides is 1. The Balaban J connectivity index is 1.88. The summed E-state index contributed by atoms with van der Waals surface area (Å²) in [5.74, 6) is 0.00118. The van der Waals surface area contributed by atoms with Crippen molar-refractivity contribution in [2.24, 2.45) is 0 Å². The van der Waals surface area contributed by atoms with Crippen LogP contribution in [0.1, 0.15) is 6.42 Å². The fraction of sp³-hybridized carbons (Fsp3) is 0.583. The zero-order valence-electron chi connectivity index (χ0n) is 11.3. The van der Waals surface area contributed by atoms with Crippen molar-refractivity contribution in [3.8, 4) is 0 Å². The summed E-state index contributed by atoms with van der Waals surface area (Å²) in [5, 5.41) is 6.03. The van der Waals surface area contributed by atoms with Gasteiger partial charge in [0.25, 0.3) is 0 Å². The third-order valence-corrected chi connectivity index (χ3v) is 7.63. The van der Waals surface area contributed by atoms with Crippen LogP contribution in [0, 0.1) is 0 Å². The number of hydrogen-bond acceptors (Lipinski definition) is 2. The van der Waals surface area contributed by atoms with Crippen LogP contribution >= 0.6 is 0 Å². The summed E-state index contributed by atoms with van der Waals surface area (Å²) < 4.78 is 5.60. The first-order valence-corrected chi connectivity index (χ1v) is 12.5. The molecule has 3 nitrogen and oxygen atoms in total. The normalized spacial score (nSPS) is 21.1. The van der Waals surface area contributed by atoms with Crippen LogP contribution in [0.2, 0.25) is 32.7 Å². The van der Waals surface area contributed by atoms with Crippen molar-refractivity contribution in [1.82, 2.24) is 5.32 Å². The minimum atomic E-state index is -1.59. The Hall–Kier alpha value is -0.656. The maximum atomic E-state index is 11.8. The van der Waals surface area contributed by atoms with Crippen LogP contribution in [-0.4, -0.2) is 28.9 Å². The van der Waals surface area contributed by atoms with Crippen LogP contribution in [0.25, 0.3) is 0 Å². The molecule has 94 valence electrons. The van der Waals surface area contributed by atoms with Crippen LogP contribution in [0.15, 0.2) is 22.2 Å². The highest BCUT2D eigenvalue weighted by atomic mass is 28.4.